The van der Waals surface area contributed by atoms with Crippen molar-refractivity contribution < 1.29 is 22.7 Å². The first-order valence-electron chi connectivity index (χ1n) is 9.63. The Hall–Kier alpha value is -2.91. The predicted molar refractivity (Wildman–Crippen MR) is 112 cm³/mol. The van der Waals surface area contributed by atoms with Crippen LogP contribution in [-0.4, -0.2) is 29.4 Å². The molecule has 0 bridgehead atoms. The third-order valence-corrected chi connectivity index (χ3v) is 5.92. The Balaban J connectivity index is 1.38. The maximum atomic E-state index is 12.9. The predicted octanol–water partition coefficient (Wildman–Crippen LogP) is 4.98. The van der Waals surface area contributed by atoms with Gasteiger partial charge in [0, 0.05) is 30.6 Å². The van der Waals surface area contributed by atoms with E-state index < -0.39 is 17.6 Å². The van der Waals surface area contributed by atoms with E-state index in [4.69, 9.17) is 4.74 Å². The number of anilines is 1. The second-order valence-corrected chi connectivity index (χ2v) is 8.13. The van der Waals surface area contributed by atoms with Crippen molar-refractivity contribution in [2.45, 2.75) is 25.7 Å². The second-order valence-electron chi connectivity index (χ2n) is 7.27. The van der Waals surface area contributed by atoms with Crippen molar-refractivity contribution in [3.05, 3.63) is 75.8 Å². The Kier molecular flexibility index (Phi) is 5.97. The monoisotopic (exact) mass is 447 g/mol. The van der Waals surface area contributed by atoms with Crippen molar-refractivity contribution in [3.63, 3.8) is 0 Å². The lowest BCUT2D eigenvalue weighted by atomic mass is 9.99. The van der Waals surface area contributed by atoms with E-state index in [0.717, 1.165) is 43.1 Å². The lowest BCUT2D eigenvalue weighted by Gasteiger charge is -2.28. The number of nitrogens with zero attached hydrogens (tertiary/aromatic N) is 2. The van der Waals surface area contributed by atoms with Gasteiger partial charge in [-0.15, -0.1) is 11.3 Å². The topological polar surface area (TPSA) is 54.5 Å². The molecule has 5 nitrogen and oxygen atoms in total. The molecule has 2 heterocycles. The molecular formula is C22H20F3N3O2S. The maximum absolute atomic E-state index is 12.9. The van der Waals surface area contributed by atoms with Crippen molar-refractivity contribution in [1.29, 1.82) is 0 Å². The van der Waals surface area contributed by atoms with Gasteiger partial charge >= 0.3 is 6.18 Å². The molecule has 9 heteroatoms. The minimum atomic E-state index is -4.50. The van der Waals surface area contributed by atoms with Gasteiger partial charge in [0.15, 0.2) is 5.13 Å². The molecule has 1 amide bonds. The molecule has 0 saturated carbocycles. The van der Waals surface area contributed by atoms with E-state index in [9.17, 15) is 18.0 Å². The van der Waals surface area contributed by atoms with Crippen LogP contribution in [0.3, 0.4) is 0 Å². The summed E-state index contributed by atoms with van der Waals surface area (Å²) < 4.78 is 43.9. The summed E-state index contributed by atoms with van der Waals surface area (Å²) in [6.07, 6.45) is -3.58. The highest BCUT2D eigenvalue weighted by Crippen LogP contribution is 2.30. The number of aromatic nitrogens is 1. The number of nitrogens with one attached hydrogen (secondary N) is 1. The highest BCUT2D eigenvalue weighted by Gasteiger charge is 2.31. The Morgan fingerprint density at radius 3 is 2.84 bits per heavy atom. The number of carbonyl (C=O) groups excluding carboxylic acids is 1. The average Bonchev–Trinajstić information content (AvgIpc) is 3.19. The van der Waals surface area contributed by atoms with Gasteiger partial charge in [-0.1, -0.05) is 12.1 Å². The number of thiazole rings is 1. The molecular weight excluding hydrogens is 427 g/mol. The Morgan fingerprint density at radius 1 is 1.23 bits per heavy atom. The number of methoxy groups -OCH3 is 1. The minimum absolute atomic E-state index is 0.0605. The van der Waals surface area contributed by atoms with Crippen LogP contribution >= 0.6 is 11.3 Å². The molecule has 3 aromatic rings. The molecule has 1 aliphatic rings. The molecule has 0 unspecified atom stereocenters. The van der Waals surface area contributed by atoms with Gasteiger partial charge in [0.05, 0.1) is 18.4 Å². The Labute approximate surface area is 181 Å². The highest BCUT2D eigenvalue weighted by atomic mass is 32.1. The van der Waals surface area contributed by atoms with Crippen LogP contribution in [0, 0.1) is 0 Å². The summed E-state index contributed by atoms with van der Waals surface area (Å²) in [6.45, 7) is 2.30. The zero-order valence-electron chi connectivity index (χ0n) is 16.7. The Morgan fingerprint density at radius 2 is 2.06 bits per heavy atom. The number of hydrogen-bond acceptors (Lipinski definition) is 5. The van der Waals surface area contributed by atoms with Crippen LogP contribution in [0.4, 0.5) is 18.3 Å². The van der Waals surface area contributed by atoms with E-state index in [1.165, 1.54) is 34.6 Å². The molecule has 1 aromatic heterocycles. The van der Waals surface area contributed by atoms with Crippen LogP contribution in [-0.2, 0) is 25.7 Å². The number of halogens is 3. The van der Waals surface area contributed by atoms with Gasteiger partial charge in [-0.05, 0) is 47.9 Å². The third-order valence-electron chi connectivity index (χ3n) is 5.11. The van der Waals surface area contributed by atoms with Gasteiger partial charge in [-0.2, -0.15) is 13.2 Å². The van der Waals surface area contributed by atoms with E-state index >= 15 is 0 Å². The van der Waals surface area contributed by atoms with Crippen LogP contribution in [0.1, 0.15) is 32.7 Å². The van der Waals surface area contributed by atoms with E-state index in [2.05, 4.69) is 27.3 Å². The summed E-state index contributed by atoms with van der Waals surface area (Å²) in [5.41, 5.74) is 2.42. The maximum Gasteiger partial charge on any atom is 0.416 e. The van der Waals surface area contributed by atoms with Crippen LogP contribution in [0.25, 0.3) is 0 Å². The summed E-state index contributed by atoms with van der Waals surface area (Å²) in [7, 11) is 1.66. The average molecular weight is 447 g/mol. The summed E-state index contributed by atoms with van der Waals surface area (Å²) in [4.78, 5) is 19.0. The Bertz CT molecular complexity index is 1100. The second kappa shape index (κ2) is 8.68. The van der Waals surface area contributed by atoms with Crippen LogP contribution in [0.5, 0.6) is 5.75 Å². The molecule has 1 aliphatic heterocycles. The van der Waals surface area contributed by atoms with Crippen LogP contribution < -0.4 is 10.1 Å². The molecule has 0 radical (unpaired) electrons. The summed E-state index contributed by atoms with van der Waals surface area (Å²) >= 11 is 1.25. The number of ether oxygens (including phenoxy) is 1. The number of alkyl halides is 3. The van der Waals surface area contributed by atoms with Gasteiger partial charge in [0.25, 0.3) is 5.91 Å². The van der Waals surface area contributed by atoms with Gasteiger partial charge < -0.3 is 4.74 Å². The number of amides is 1. The molecule has 0 aliphatic carbocycles. The largest absolute Gasteiger partial charge is 0.497 e. The lowest BCUT2D eigenvalue weighted by molar-refractivity contribution is -0.137. The van der Waals surface area contributed by atoms with Gasteiger partial charge in [0.1, 0.15) is 5.75 Å². The highest BCUT2D eigenvalue weighted by molar-refractivity contribution is 7.14. The number of rotatable bonds is 5. The first kappa shape index (κ1) is 21.3. The molecule has 4 rings (SSSR count). The zero-order chi connectivity index (χ0) is 22.0. The quantitative estimate of drug-likeness (QED) is 0.599. The molecule has 0 saturated heterocycles. The van der Waals surface area contributed by atoms with Gasteiger partial charge in [-0.25, -0.2) is 4.98 Å². The van der Waals surface area contributed by atoms with E-state index in [1.54, 1.807) is 7.11 Å². The van der Waals surface area contributed by atoms with E-state index in [0.29, 0.717) is 11.7 Å². The van der Waals surface area contributed by atoms with Gasteiger partial charge in [-0.3, -0.25) is 15.0 Å². The summed E-state index contributed by atoms with van der Waals surface area (Å²) in [5.74, 6) is 0.237. The lowest BCUT2D eigenvalue weighted by Crippen LogP contribution is -2.30. The smallest absolute Gasteiger partial charge is 0.416 e. The summed E-state index contributed by atoms with van der Waals surface area (Å²) in [6, 6.07) is 10.4. The first-order chi connectivity index (χ1) is 14.8. The van der Waals surface area contributed by atoms with Crippen molar-refractivity contribution in [2.24, 2.45) is 0 Å². The molecule has 0 atom stereocenters. The zero-order valence-corrected chi connectivity index (χ0v) is 17.5. The fraction of sp³-hybridized carbons (Fsp3) is 0.273. The van der Waals surface area contributed by atoms with Crippen molar-refractivity contribution in [3.8, 4) is 5.75 Å². The first-order valence-corrected chi connectivity index (χ1v) is 10.5. The number of benzene rings is 2. The molecule has 2 aromatic carbocycles. The van der Waals surface area contributed by atoms with Crippen LogP contribution in [0.2, 0.25) is 0 Å². The van der Waals surface area contributed by atoms with E-state index in [1.807, 2.05) is 11.4 Å². The van der Waals surface area contributed by atoms with E-state index in [-0.39, 0.29) is 5.56 Å². The van der Waals surface area contributed by atoms with Crippen molar-refractivity contribution >= 4 is 22.4 Å². The molecule has 0 spiro atoms. The molecule has 31 heavy (non-hydrogen) atoms. The fourth-order valence-electron chi connectivity index (χ4n) is 3.52. The molecule has 1 N–H and O–H groups in total. The summed E-state index contributed by atoms with van der Waals surface area (Å²) in [5, 5.41) is 4.80. The van der Waals surface area contributed by atoms with Gasteiger partial charge in [0.2, 0.25) is 0 Å². The normalized spacial score (nSPS) is 14.2. The van der Waals surface area contributed by atoms with Crippen molar-refractivity contribution in [2.75, 3.05) is 19.0 Å². The number of carbonyl (C=O) groups is 1. The van der Waals surface area contributed by atoms with Crippen molar-refractivity contribution in [1.82, 2.24) is 9.88 Å². The fourth-order valence-corrected chi connectivity index (χ4v) is 4.22. The standard InChI is InChI=1S/C22H20F3N3O2S/c1-30-19-6-5-16-11-28(8-7-14(16)10-19)12-18-13-31-21(26-18)27-20(29)15-3-2-4-17(9-15)22(23,24)25/h2-6,9-10,13H,7-8,11-12H2,1H3,(H,26,27,29). The number of hydrogen-bond donors (Lipinski definition) is 1. The molecule has 0 fully saturated rings. The number of fused-ring (bicyclic) bond motifs is 1. The molecule has 162 valence electrons. The SMILES string of the molecule is COc1ccc2c(c1)CCN(Cc1csc(NC(=O)c3cccc(C(F)(F)F)c3)n1)C2. The third kappa shape index (κ3) is 5.05. The van der Waals surface area contributed by atoms with Crippen LogP contribution in [0.15, 0.2) is 47.8 Å². The minimum Gasteiger partial charge on any atom is -0.497 e.